The minimum absolute atomic E-state index is 0.239. The average molecular weight is 370 g/mol. The second-order valence-corrected chi connectivity index (χ2v) is 7.37. The van der Waals surface area contributed by atoms with E-state index in [9.17, 15) is 4.79 Å². The number of nitrogens with one attached hydrogen (secondary N) is 3. The lowest BCUT2D eigenvalue weighted by Gasteiger charge is -2.31. The first-order chi connectivity index (χ1) is 13.2. The summed E-state index contributed by atoms with van der Waals surface area (Å²) < 4.78 is 0. The van der Waals surface area contributed by atoms with Crippen LogP contribution >= 0.6 is 0 Å². The third-order valence-corrected chi connectivity index (χ3v) is 5.23. The highest BCUT2D eigenvalue weighted by Crippen LogP contribution is 2.18. The van der Waals surface area contributed by atoms with E-state index in [1.165, 1.54) is 22.9 Å². The standard InChI is InChI=1S/C21H31N5O/c1-16-6-5-13-26(15-16)20(27)10-12-24-21(22-2)23-11-9-17-14-25-19-8-4-3-7-18(17)19/h3-4,7-8,14,16,25H,5-6,9-13,15H2,1-2H3,(H2,22,23,24). The van der Waals surface area contributed by atoms with E-state index < -0.39 is 0 Å². The Hall–Kier alpha value is -2.50. The van der Waals surface area contributed by atoms with Crippen LogP contribution in [0.4, 0.5) is 0 Å². The summed E-state index contributed by atoms with van der Waals surface area (Å²) in [4.78, 5) is 21.9. The number of likely N-dealkylation sites (tertiary alicyclic amines) is 1. The maximum Gasteiger partial charge on any atom is 0.224 e. The van der Waals surface area contributed by atoms with Crippen LogP contribution in [0.25, 0.3) is 10.9 Å². The molecule has 0 radical (unpaired) electrons. The van der Waals surface area contributed by atoms with Gasteiger partial charge in [-0.3, -0.25) is 9.79 Å². The zero-order chi connectivity index (χ0) is 19.1. The van der Waals surface area contributed by atoms with Gasteiger partial charge >= 0.3 is 0 Å². The Bertz CT molecular complexity index is 782. The van der Waals surface area contributed by atoms with E-state index in [0.29, 0.717) is 18.9 Å². The number of aromatic amines is 1. The third kappa shape index (κ3) is 5.25. The molecule has 27 heavy (non-hydrogen) atoms. The molecule has 0 bridgehead atoms. The number of nitrogens with zero attached hydrogens (tertiary/aromatic N) is 2. The molecule has 1 saturated heterocycles. The number of amides is 1. The normalized spacial score (nSPS) is 17.9. The molecule has 146 valence electrons. The Labute approximate surface area is 161 Å². The number of benzene rings is 1. The lowest BCUT2D eigenvalue weighted by molar-refractivity contribution is -0.132. The number of fused-ring (bicyclic) bond motifs is 1. The highest BCUT2D eigenvalue weighted by atomic mass is 16.2. The number of piperidine rings is 1. The summed E-state index contributed by atoms with van der Waals surface area (Å²) in [5.74, 6) is 1.60. The second-order valence-electron chi connectivity index (χ2n) is 7.37. The smallest absolute Gasteiger partial charge is 0.224 e. The van der Waals surface area contributed by atoms with Crippen molar-refractivity contribution in [2.45, 2.75) is 32.6 Å². The minimum Gasteiger partial charge on any atom is -0.361 e. The van der Waals surface area contributed by atoms with Crippen LogP contribution in [-0.2, 0) is 11.2 Å². The molecule has 2 aromatic rings. The molecule has 1 unspecified atom stereocenters. The van der Waals surface area contributed by atoms with Crippen molar-refractivity contribution in [1.29, 1.82) is 0 Å². The Morgan fingerprint density at radius 3 is 2.93 bits per heavy atom. The van der Waals surface area contributed by atoms with Gasteiger partial charge in [0.15, 0.2) is 5.96 Å². The van der Waals surface area contributed by atoms with Gasteiger partial charge in [-0.25, -0.2) is 0 Å². The highest BCUT2D eigenvalue weighted by molar-refractivity contribution is 5.83. The highest BCUT2D eigenvalue weighted by Gasteiger charge is 2.20. The largest absolute Gasteiger partial charge is 0.361 e. The first-order valence-electron chi connectivity index (χ1n) is 9.94. The number of aliphatic imine (C=N–C) groups is 1. The molecule has 2 heterocycles. The molecule has 6 heteroatoms. The maximum atomic E-state index is 12.3. The van der Waals surface area contributed by atoms with Gasteiger partial charge in [0.1, 0.15) is 0 Å². The van der Waals surface area contributed by atoms with Gasteiger partial charge in [-0.15, -0.1) is 0 Å². The number of hydrogen-bond donors (Lipinski definition) is 3. The quantitative estimate of drug-likeness (QED) is 0.541. The van der Waals surface area contributed by atoms with Crippen molar-refractivity contribution in [3.05, 3.63) is 36.0 Å². The molecule has 0 saturated carbocycles. The second kappa shape index (κ2) is 9.44. The molecule has 6 nitrogen and oxygen atoms in total. The van der Waals surface area contributed by atoms with Gasteiger partial charge in [-0.2, -0.15) is 0 Å². The molecule has 1 fully saturated rings. The number of H-pyrrole nitrogens is 1. The summed E-state index contributed by atoms with van der Waals surface area (Å²) in [6.07, 6.45) is 5.85. The fraction of sp³-hybridized carbons (Fsp3) is 0.524. The predicted octanol–water partition coefficient (Wildman–Crippen LogP) is 2.52. The fourth-order valence-corrected chi connectivity index (χ4v) is 3.74. The first kappa shape index (κ1) is 19.3. The molecule has 1 amide bonds. The summed E-state index contributed by atoms with van der Waals surface area (Å²) in [7, 11) is 1.76. The number of guanidine groups is 1. The summed E-state index contributed by atoms with van der Waals surface area (Å²) >= 11 is 0. The first-order valence-corrected chi connectivity index (χ1v) is 9.94. The van der Waals surface area contributed by atoms with Crippen molar-refractivity contribution in [1.82, 2.24) is 20.5 Å². The number of carbonyl (C=O) groups is 1. The van der Waals surface area contributed by atoms with Gasteiger partial charge in [0.05, 0.1) is 0 Å². The van der Waals surface area contributed by atoms with E-state index in [1.54, 1.807) is 7.05 Å². The number of hydrogen-bond acceptors (Lipinski definition) is 2. The van der Waals surface area contributed by atoms with Crippen molar-refractivity contribution < 1.29 is 4.79 Å². The van der Waals surface area contributed by atoms with Gasteiger partial charge in [-0.1, -0.05) is 25.1 Å². The number of carbonyl (C=O) groups excluding carboxylic acids is 1. The van der Waals surface area contributed by atoms with Crippen LogP contribution in [0, 0.1) is 5.92 Å². The van der Waals surface area contributed by atoms with Crippen LogP contribution < -0.4 is 10.6 Å². The van der Waals surface area contributed by atoms with E-state index in [1.807, 2.05) is 11.0 Å². The lowest BCUT2D eigenvalue weighted by Crippen LogP contribution is -2.42. The van der Waals surface area contributed by atoms with Crippen molar-refractivity contribution in [3.8, 4) is 0 Å². The Morgan fingerprint density at radius 1 is 1.30 bits per heavy atom. The summed E-state index contributed by atoms with van der Waals surface area (Å²) in [6, 6.07) is 8.33. The zero-order valence-corrected chi connectivity index (χ0v) is 16.4. The molecule has 1 aliphatic heterocycles. The molecule has 0 spiro atoms. The van der Waals surface area contributed by atoms with Gasteiger partial charge in [-0.05, 0) is 36.8 Å². The number of para-hydroxylation sites is 1. The average Bonchev–Trinajstić information content (AvgIpc) is 3.10. The molecule has 3 rings (SSSR count). The minimum atomic E-state index is 0.239. The molecule has 1 aliphatic rings. The van der Waals surface area contributed by atoms with Crippen LogP contribution in [-0.4, -0.2) is 55.0 Å². The SMILES string of the molecule is CN=C(NCCC(=O)N1CCCC(C)C1)NCCc1c[nH]c2ccccc12. The molecule has 1 atom stereocenters. The fourth-order valence-electron chi connectivity index (χ4n) is 3.74. The van der Waals surface area contributed by atoms with E-state index in [2.05, 4.69) is 51.9 Å². The van der Waals surface area contributed by atoms with E-state index >= 15 is 0 Å². The topological polar surface area (TPSA) is 72.5 Å². The summed E-state index contributed by atoms with van der Waals surface area (Å²) in [5.41, 5.74) is 2.46. The van der Waals surface area contributed by atoms with E-state index in [-0.39, 0.29) is 5.91 Å². The van der Waals surface area contributed by atoms with Crippen LogP contribution in [0.2, 0.25) is 0 Å². The van der Waals surface area contributed by atoms with Crippen LogP contribution in [0.15, 0.2) is 35.5 Å². The van der Waals surface area contributed by atoms with Gasteiger partial charge in [0.2, 0.25) is 5.91 Å². The monoisotopic (exact) mass is 369 g/mol. The summed E-state index contributed by atoms with van der Waals surface area (Å²) in [5, 5.41) is 7.85. The van der Waals surface area contributed by atoms with Crippen LogP contribution in [0.1, 0.15) is 31.7 Å². The molecule has 3 N–H and O–H groups in total. The Morgan fingerprint density at radius 2 is 2.11 bits per heavy atom. The number of rotatable bonds is 6. The molecular formula is C21H31N5O. The van der Waals surface area contributed by atoms with E-state index in [0.717, 1.165) is 38.4 Å². The molecule has 1 aromatic heterocycles. The zero-order valence-electron chi connectivity index (χ0n) is 16.4. The van der Waals surface area contributed by atoms with Crippen LogP contribution in [0.5, 0.6) is 0 Å². The maximum absolute atomic E-state index is 12.3. The van der Waals surface area contributed by atoms with Crippen molar-refractivity contribution in [3.63, 3.8) is 0 Å². The van der Waals surface area contributed by atoms with Crippen molar-refractivity contribution >= 4 is 22.8 Å². The molecule has 1 aromatic carbocycles. The third-order valence-electron chi connectivity index (χ3n) is 5.23. The van der Waals surface area contributed by atoms with E-state index in [4.69, 9.17) is 0 Å². The molecule has 0 aliphatic carbocycles. The van der Waals surface area contributed by atoms with Gasteiger partial charge in [0.25, 0.3) is 0 Å². The van der Waals surface area contributed by atoms with Gasteiger partial charge in [0, 0.05) is 56.7 Å². The molecular weight excluding hydrogens is 338 g/mol. The van der Waals surface area contributed by atoms with Gasteiger partial charge < -0.3 is 20.5 Å². The predicted molar refractivity (Wildman–Crippen MR) is 111 cm³/mol. The van der Waals surface area contributed by atoms with Crippen molar-refractivity contribution in [2.75, 3.05) is 33.2 Å². The Kier molecular flexibility index (Phi) is 6.74. The van der Waals surface area contributed by atoms with Crippen LogP contribution in [0.3, 0.4) is 0 Å². The Balaban J connectivity index is 1.38. The van der Waals surface area contributed by atoms with Crippen molar-refractivity contribution in [2.24, 2.45) is 10.9 Å². The summed E-state index contributed by atoms with van der Waals surface area (Å²) in [6.45, 7) is 5.42. The lowest BCUT2D eigenvalue weighted by atomic mass is 10.00. The number of aromatic nitrogens is 1.